The van der Waals surface area contributed by atoms with Gasteiger partial charge in [-0.2, -0.15) is 0 Å². The molecule has 1 unspecified atom stereocenters. The number of para-hydroxylation sites is 1. The number of quaternary nitrogens is 1. The summed E-state index contributed by atoms with van der Waals surface area (Å²) < 4.78 is 5.67. The summed E-state index contributed by atoms with van der Waals surface area (Å²) in [6.07, 6.45) is 1.70. The number of carbonyl (C=O) groups excluding carboxylic acids is 2. The van der Waals surface area contributed by atoms with E-state index in [1.165, 1.54) is 12.7 Å². The van der Waals surface area contributed by atoms with Crippen molar-refractivity contribution in [2.24, 2.45) is 5.73 Å². The zero-order valence-electron chi connectivity index (χ0n) is 21.0. The summed E-state index contributed by atoms with van der Waals surface area (Å²) in [5, 5.41) is 0.730. The van der Waals surface area contributed by atoms with Crippen LogP contribution in [0.4, 0.5) is 10.5 Å². The van der Waals surface area contributed by atoms with Crippen LogP contribution in [0.5, 0.6) is 0 Å². The Morgan fingerprint density at radius 2 is 1.56 bits per heavy atom. The maximum absolute atomic E-state index is 12.2. The van der Waals surface area contributed by atoms with Crippen molar-refractivity contribution in [3.63, 3.8) is 0 Å². The Balaban J connectivity index is 1.77. The normalized spacial score (nSPS) is 12.5. The van der Waals surface area contributed by atoms with E-state index in [0.717, 1.165) is 59.8 Å². The number of benzene rings is 3. The number of likely N-dealkylation sites (N-methyl/N-ethyl adjacent to an activating group) is 1. The Morgan fingerprint density at radius 3 is 2.14 bits per heavy atom. The Hall–Kier alpha value is -3.35. The van der Waals surface area contributed by atoms with E-state index in [4.69, 9.17) is 22.1 Å². The van der Waals surface area contributed by atoms with Crippen molar-refractivity contribution >= 4 is 29.3 Å². The van der Waals surface area contributed by atoms with Gasteiger partial charge in [-0.15, -0.1) is 0 Å². The largest absolute Gasteiger partial charge is 0.465 e. The highest BCUT2D eigenvalue weighted by Gasteiger charge is 2.27. The van der Waals surface area contributed by atoms with Crippen molar-refractivity contribution in [2.75, 3.05) is 38.2 Å². The van der Waals surface area contributed by atoms with Gasteiger partial charge in [0.05, 0.1) is 32.3 Å². The van der Waals surface area contributed by atoms with E-state index < -0.39 is 6.03 Å². The summed E-state index contributed by atoms with van der Waals surface area (Å²) in [7, 11) is 1.39. The molecule has 3 aromatic carbocycles. The van der Waals surface area contributed by atoms with Crippen molar-refractivity contribution in [1.29, 1.82) is 0 Å². The van der Waals surface area contributed by atoms with Gasteiger partial charge in [-0.1, -0.05) is 54.1 Å². The van der Waals surface area contributed by atoms with E-state index >= 15 is 0 Å². The van der Waals surface area contributed by atoms with Crippen LogP contribution in [0.3, 0.4) is 0 Å². The third kappa shape index (κ3) is 7.57. The van der Waals surface area contributed by atoms with Gasteiger partial charge in [0.1, 0.15) is 6.54 Å². The summed E-state index contributed by atoms with van der Waals surface area (Å²) in [6.45, 7) is 6.29. The van der Waals surface area contributed by atoms with Gasteiger partial charge in [0.2, 0.25) is 0 Å². The molecule has 6 nitrogen and oxygen atoms in total. The molecule has 0 saturated carbocycles. The van der Waals surface area contributed by atoms with Gasteiger partial charge >= 0.3 is 12.0 Å². The smallest absolute Gasteiger partial charge is 0.337 e. The summed E-state index contributed by atoms with van der Waals surface area (Å²) in [5.74, 6) is -0.340. The third-order valence-electron chi connectivity index (χ3n) is 6.70. The molecule has 3 rings (SSSR count). The third-order valence-corrected chi connectivity index (χ3v) is 6.95. The molecule has 3 aromatic rings. The van der Waals surface area contributed by atoms with E-state index in [-0.39, 0.29) is 5.97 Å². The molecule has 0 radical (unpaired) electrons. The van der Waals surface area contributed by atoms with Crippen LogP contribution >= 0.6 is 11.6 Å². The number of amides is 2. The maximum Gasteiger partial charge on any atom is 0.337 e. The molecule has 0 bridgehead atoms. The molecule has 0 aliphatic rings. The molecule has 0 fully saturated rings. The first-order chi connectivity index (χ1) is 17.4. The minimum Gasteiger partial charge on any atom is -0.465 e. The van der Waals surface area contributed by atoms with Crippen molar-refractivity contribution < 1.29 is 18.8 Å². The van der Waals surface area contributed by atoms with E-state index in [1.807, 2.05) is 66.7 Å². The van der Waals surface area contributed by atoms with Crippen molar-refractivity contribution in [2.45, 2.75) is 26.3 Å². The van der Waals surface area contributed by atoms with Crippen LogP contribution in [0.2, 0.25) is 5.02 Å². The number of hydrogen-bond donors (Lipinski definition) is 1. The molecular formula is C29H35ClN3O3+. The number of esters is 1. The number of hydrogen-bond acceptors (Lipinski definition) is 3. The standard InChI is InChI=1S/C29H34ClN3O3/c1-3-33(21-18-23-12-16-26(30)17-13-23,22-24-10-14-25(15-11-24)28(34)36-2)20-7-19-32(29(31)35)27-8-5-4-6-9-27/h4-6,8-17H,3,7,18-22H2,1-2H3,(H-,31,35)/p+1. The fraction of sp³-hybridized carbons (Fsp3) is 0.310. The summed E-state index contributed by atoms with van der Waals surface area (Å²) >= 11 is 6.08. The number of nitrogens with zero attached hydrogens (tertiary/aromatic N) is 2. The molecular weight excluding hydrogens is 474 g/mol. The number of carbonyl (C=O) groups is 2. The lowest BCUT2D eigenvalue weighted by atomic mass is 10.1. The zero-order chi connectivity index (χ0) is 26.0. The molecule has 36 heavy (non-hydrogen) atoms. The monoisotopic (exact) mass is 508 g/mol. The second-order valence-corrected chi connectivity index (χ2v) is 9.44. The highest BCUT2D eigenvalue weighted by atomic mass is 35.5. The first kappa shape index (κ1) is 27.2. The van der Waals surface area contributed by atoms with Gasteiger partial charge in [0, 0.05) is 35.7 Å². The van der Waals surface area contributed by atoms with Crippen molar-refractivity contribution in [3.8, 4) is 0 Å². The number of anilines is 1. The molecule has 7 heteroatoms. The number of ether oxygens (including phenoxy) is 1. The van der Waals surface area contributed by atoms with Gasteiger partial charge < -0.3 is 15.0 Å². The second-order valence-electron chi connectivity index (χ2n) is 9.01. The highest BCUT2D eigenvalue weighted by molar-refractivity contribution is 6.30. The van der Waals surface area contributed by atoms with E-state index in [0.29, 0.717) is 12.1 Å². The van der Waals surface area contributed by atoms with E-state index in [1.54, 1.807) is 4.90 Å². The lowest BCUT2D eigenvalue weighted by Gasteiger charge is -2.39. The van der Waals surface area contributed by atoms with Gasteiger partial charge in [0.25, 0.3) is 0 Å². The number of nitrogens with two attached hydrogens (primary N) is 1. The topological polar surface area (TPSA) is 72.6 Å². The Kier molecular flexibility index (Phi) is 9.91. The molecule has 2 amide bonds. The minimum absolute atomic E-state index is 0.340. The van der Waals surface area contributed by atoms with Crippen molar-refractivity contribution in [1.82, 2.24) is 0 Å². The molecule has 0 saturated heterocycles. The van der Waals surface area contributed by atoms with Crippen LogP contribution < -0.4 is 10.6 Å². The van der Waals surface area contributed by atoms with Crippen LogP contribution in [-0.2, 0) is 17.7 Å². The Morgan fingerprint density at radius 1 is 0.917 bits per heavy atom. The zero-order valence-corrected chi connectivity index (χ0v) is 21.8. The van der Waals surface area contributed by atoms with Gasteiger partial charge in [-0.05, 0) is 48.9 Å². The number of primary amides is 1. The molecule has 0 aromatic heterocycles. The molecule has 0 heterocycles. The summed E-state index contributed by atoms with van der Waals surface area (Å²) in [4.78, 5) is 25.6. The molecule has 2 N–H and O–H groups in total. The predicted molar refractivity (Wildman–Crippen MR) is 145 cm³/mol. The second kappa shape index (κ2) is 13.1. The SMILES string of the molecule is CC[N+](CCCN(C(N)=O)c1ccccc1)(CCc1ccc(Cl)cc1)Cc1ccc(C(=O)OC)cc1. The molecule has 0 aliphatic heterocycles. The average Bonchev–Trinajstić information content (AvgIpc) is 2.90. The number of halogens is 1. The first-order valence-electron chi connectivity index (χ1n) is 12.2. The number of methoxy groups -OCH3 is 1. The van der Waals surface area contributed by atoms with Gasteiger partial charge in [-0.3, -0.25) is 4.90 Å². The number of rotatable bonds is 12. The van der Waals surface area contributed by atoms with Gasteiger partial charge in [0.15, 0.2) is 0 Å². The van der Waals surface area contributed by atoms with Crippen LogP contribution in [0.25, 0.3) is 0 Å². The minimum atomic E-state index is -0.449. The van der Waals surface area contributed by atoms with Gasteiger partial charge in [-0.25, -0.2) is 9.59 Å². The summed E-state index contributed by atoms with van der Waals surface area (Å²) in [6, 6.07) is 24.7. The molecule has 0 aliphatic carbocycles. The first-order valence-corrected chi connectivity index (χ1v) is 12.6. The van der Waals surface area contributed by atoms with E-state index in [2.05, 4.69) is 19.1 Å². The van der Waals surface area contributed by atoms with Crippen molar-refractivity contribution in [3.05, 3.63) is 101 Å². The maximum atomic E-state index is 12.2. The van der Waals surface area contributed by atoms with Crippen LogP contribution in [-0.4, -0.2) is 49.8 Å². The van der Waals surface area contributed by atoms with E-state index in [9.17, 15) is 9.59 Å². The highest BCUT2D eigenvalue weighted by Crippen LogP contribution is 2.21. The fourth-order valence-electron chi connectivity index (χ4n) is 4.51. The van der Waals surface area contributed by atoms with Crippen LogP contribution in [0.1, 0.15) is 34.8 Å². The van der Waals surface area contributed by atoms with Crippen LogP contribution in [0.15, 0.2) is 78.9 Å². The fourth-order valence-corrected chi connectivity index (χ4v) is 4.63. The predicted octanol–water partition coefficient (Wildman–Crippen LogP) is 5.68. The summed E-state index contributed by atoms with van der Waals surface area (Å²) in [5.41, 5.74) is 9.43. The van der Waals surface area contributed by atoms with Crippen LogP contribution in [0, 0.1) is 0 Å². The lowest BCUT2D eigenvalue weighted by molar-refractivity contribution is -0.939. The number of urea groups is 1. The Bertz CT molecular complexity index is 1120. The average molecular weight is 509 g/mol. The quantitative estimate of drug-likeness (QED) is 0.252. The lowest BCUT2D eigenvalue weighted by Crippen LogP contribution is -2.50. The Labute approximate surface area is 218 Å². The molecule has 0 spiro atoms. The molecule has 190 valence electrons. The molecule has 1 atom stereocenters.